The molecule has 2 aromatic rings. The molecule has 1 amide bonds. The highest BCUT2D eigenvalue weighted by molar-refractivity contribution is 14.1. The van der Waals surface area contributed by atoms with Gasteiger partial charge in [-0.05, 0) is 71.5 Å². The van der Waals surface area contributed by atoms with E-state index in [0.29, 0.717) is 21.5 Å². The largest absolute Gasteiger partial charge is 0.483 e. The molecular formula is C15H12Cl2INO2. The van der Waals surface area contributed by atoms with Crippen molar-refractivity contribution in [1.82, 2.24) is 0 Å². The summed E-state index contributed by atoms with van der Waals surface area (Å²) in [5, 5.41) is 3.85. The highest BCUT2D eigenvalue weighted by Gasteiger charge is 2.08. The summed E-state index contributed by atoms with van der Waals surface area (Å²) >= 11 is 14.1. The maximum absolute atomic E-state index is 11.9. The smallest absolute Gasteiger partial charge is 0.262 e. The molecule has 0 fully saturated rings. The predicted molar refractivity (Wildman–Crippen MR) is 94.5 cm³/mol. The van der Waals surface area contributed by atoms with E-state index >= 15 is 0 Å². The van der Waals surface area contributed by atoms with Gasteiger partial charge in [-0.25, -0.2) is 0 Å². The Morgan fingerprint density at radius 3 is 2.67 bits per heavy atom. The minimum Gasteiger partial charge on any atom is -0.483 e. The van der Waals surface area contributed by atoms with E-state index in [2.05, 4.69) is 27.9 Å². The maximum atomic E-state index is 11.9. The number of carbonyl (C=O) groups is 1. The van der Waals surface area contributed by atoms with Crippen LogP contribution in [0.3, 0.4) is 0 Å². The van der Waals surface area contributed by atoms with Crippen LogP contribution in [-0.4, -0.2) is 12.5 Å². The SMILES string of the molecule is Cc1cc(Cl)ccc1OCC(=O)Nc1ccc(I)cc1Cl. The number of benzene rings is 2. The molecule has 1 N–H and O–H groups in total. The molecule has 0 aliphatic heterocycles. The first-order valence-electron chi connectivity index (χ1n) is 6.09. The lowest BCUT2D eigenvalue weighted by atomic mass is 10.2. The van der Waals surface area contributed by atoms with Crippen LogP contribution in [0.4, 0.5) is 5.69 Å². The Bertz CT molecular complexity index is 677. The lowest BCUT2D eigenvalue weighted by Gasteiger charge is -2.10. The van der Waals surface area contributed by atoms with Crippen LogP contribution in [-0.2, 0) is 4.79 Å². The fourth-order valence-corrected chi connectivity index (χ4v) is 2.82. The van der Waals surface area contributed by atoms with Gasteiger partial charge in [0, 0.05) is 8.59 Å². The first kappa shape index (κ1) is 16.4. The van der Waals surface area contributed by atoms with Crippen molar-refractivity contribution in [1.29, 1.82) is 0 Å². The molecule has 3 nitrogen and oxygen atoms in total. The van der Waals surface area contributed by atoms with Gasteiger partial charge < -0.3 is 10.1 Å². The highest BCUT2D eigenvalue weighted by atomic mass is 127. The predicted octanol–water partition coefficient (Wildman–Crippen LogP) is 4.92. The fourth-order valence-electron chi connectivity index (χ4n) is 1.70. The normalized spacial score (nSPS) is 10.3. The molecule has 0 atom stereocenters. The van der Waals surface area contributed by atoms with Gasteiger partial charge in [-0.15, -0.1) is 0 Å². The lowest BCUT2D eigenvalue weighted by Crippen LogP contribution is -2.20. The number of hydrogen-bond acceptors (Lipinski definition) is 2. The lowest BCUT2D eigenvalue weighted by molar-refractivity contribution is -0.118. The van der Waals surface area contributed by atoms with Crippen LogP contribution in [0.5, 0.6) is 5.75 Å². The van der Waals surface area contributed by atoms with Crippen LogP contribution in [0.15, 0.2) is 36.4 Å². The third kappa shape index (κ3) is 4.76. The molecule has 0 aliphatic rings. The molecule has 0 saturated carbocycles. The Labute approximate surface area is 146 Å². The second-order valence-corrected chi connectivity index (χ2v) is 6.46. The van der Waals surface area contributed by atoms with Gasteiger partial charge in [-0.2, -0.15) is 0 Å². The van der Waals surface area contributed by atoms with Crippen molar-refractivity contribution >= 4 is 57.4 Å². The standard InChI is InChI=1S/C15H12Cl2INO2/c1-9-6-10(16)2-5-14(9)21-8-15(20)19-13-4-3-11(18)7-12(13)17/h2-7H,8H2,1H3,(H,19,20). The summed E-state index contributed by atoms with van der Waals surface area (Å²) in [6, 6.07) is 10.6. The van der Waals surface area contributed by atoms with Crippen molar-refractivity contribution in [2.75, 3.05) is 11.9 Å². The van der Waals surface area contributed by atoms with E-state index < -0.39 is 0 Å². The van der Waals surface area contributed by atoms with Crippen molar-refractivity contribution in [3.63, 3.8) is 0 Å². The van der Waals surface area contributed by atoms with Crippen LogP contribution in [0, 0.1) is 10.5 Å². The summed E-state index contributed by atoms with van der Waals surface area (Å²) < 4.78 is 6.48. The number of aryl methyl sites for hydroxylation is 1. The first-order chi connectivity index (χ1) is 9.95. The Kier molecular flexibility index (Phi) is 5.72. The van der Waals surface area contributed by atoms with Crippen LogP contribution in [0.25, 0.3) is 0 Å². The summed E-state index contributed by atoms with van der Waals surface area (Å²) in [6.45, 7) is 1.78. The number of amides is 1. The number of halogens is 3. The Morgan fingerprint density at radius 1 is 1.24 bits per heavy atom. The summed E-state index contributed by atoms with van der Waals surface area (Å²) in [4.78, 5) is 11.9. The number of carbonyl (C=O) groups excluding carboxylic acids is 1. The molecule has 0 spiro atoms. The maximum Gasteiger partial charge on any atom is 0.262 e. The van der Waals surface area contributed by atoms with Gasteiger partial charge in [0.05, 0.1) is 10.7 Å². The third-order valence-electron chi connectivity index (χ3n) is 2.70. The highest BCUT2D eigenvalue weighted by Crippen LogP contribution is 2.24. The molecule has 21 heavy (non-hydrogen) atoms. The van der Waals surface area contributed by atoms with Gasteiger partial charge in [-0.1, -0.05) is 23.2 Å². The van der Waals surface area contributed by atoms with Crippen LogP contribution < -0.4 is 10.1 Å². The summed E-state index contributed by atoms with van der Waals surface area (Å²) in [5.41, 5.74) is 1.45. The van der Waals surface area contributed by atoms with Crippen molar-refractivity contribution in [2.45, 2.75) is 6.92 Å². The van der Waals surface area contributed by atoms with Gasteiger partial charge in [-0.3, -0.25) is 4.79 Å². The molecule has 0 aromatic heterocycles. The molecule has 110 valence electrons. The average molecular weight is 436 g/mol. The second-order valence-electron chi connectivity index (χ2n) is 4.37. The topological polar surface area (TPSA) is 38.3 Å². The van der Waals surface area contributed by atoms with E-state index in [1.807, 2.05) is 13.0 Å². The molecule has 0 saturated heterocycles. The fraction of sp³-hybridized carbons (Fsp3) is 0.133. The third-order valence-corrected chi connectivity index (χ3v) is 3.92. The van der Waals surface area contributed by atoms with Crippen molar-refractivity contribution in [3.05, 3.63) is 55.6 Å². The molecule has 0 radical (unpaired) electrons. The number of ether oxygens (including phenoxy) is 1. The Balaban J connectivity index is 1.96. The van der Waals surface area contributed by atoms with E-state index in [1.54, 1.807) is 30.3 Å². The molecule has 0 aliphatic carbocycles. The zero-order valence-electron chi connectivity index (χ0n) is 11.1. The Morgan fingerprint density at radius 2 is 2.00 bits per heavy atom. The molecule has 0 bridgehead atoms. The molecule has 2 rings (SSSR count). The van der Waals surface area contributed by atoms with E-state index in [9.17, 15) is 4.79 Å². The van der Waals surface area contributed by atoms with Gasteiger partial charge in [0.1, 0.15) is 5.75 Å². The summed E-state index contributed by atoms with van der Waals surface area (Å²) in [6.07, 6.45) is 0. The quantitative estimate of drug-likeness (QED) is 0.692. The van der Waals surface area contributed by atoms with Gasteiger partial charge in [0.25, 0.3) is 5.91 Å². The van der Waals surface area contributed by atoms with Gasteiger partial charge in [0.15, 0.2) is 6.61 Å². The molecule has 0 unspecified atom stereocenters. The summed E-state index contributed by atoms with van der Waals surface area (Å²) in [7, 11) is 0. The van der Waals surface area contributed by atoms with Gasteiger partial charge in [0.2, 0.25) is 0 Å². The Hall–Kier alpha value is -0.980. The molecule has 2 aromatic carbocycles. The van der Waals surface area contributed by atoms with Crippen molar-refractivity contribution in [2.24, 2.45) is 0 Å². The van der Waals surface area contributed by atoms with Crippen LogP contribution >= 0.6 is 45.8 Å². The minimum atomic E-state index is -0.271. The monoisotopic (exact) mass is 435 g/mol. The van der Waals surface area contributed by atoms with E-state index in [0.717, 1.165) is 9.13 Å². The van der Waals surface area contributed by atoms with Crippen LogP contribution in [0.2, 0.25) is 10.0 Å². The van der Waals surface area contributed by atoms with Crippen molar-refractivity contribution in [3.8, 4) is 5.75 Å². The van der Waals surface area contributed by atoms with Crippen molar-refractivity contribution < 1.29 is 9.53 Å². The number of anilines is 1. The molecular weight excluding hydrogens is 424 g/mol. The van der Waals surface area contributed by atoms with Crippen LogP contribution in [0.1, 0.15) is 5.56 Å². The van der Waals surface area contributed by atoms with Gasteiger partial charge >= 0.3 is 0 Å². The zero-order chi connectivity index (χ0) is 15.4. The number of nitrogens with one attached hydrogen (secondary N) is 1. The molecule has 6 heteroatoms. The first-order valence-corrected chi connectivity index (χ1v) is 7.93. The number of hydrogen-bond donors (Lipinski definition) is 1. The minimum absolute atomic E-state index is 0.0925. The number of rotatable bonds is 4. The van der Waals surface area contributed by atoms with E-state index in [1.165, 1.54) is 0 Å². The zero-order valence-corrected chi connectivity index (χ0v) is 14.8. The average Bonchev–Trinajstić information content (AvgIpc) is 2.41. The molecule has 0 heterocycles. The second kappa shape index (κ2) is 7.33. The summed E-state index contributed by atoms with van der Waals surface area (Å²) in [5.74, 6) is 0.357. The van der Waals surface area contributed by atoms with E-state index in [4.69, 9.17) is 27.9 Å². The van der Waals surface area contributed by atoms with E-state index in [-0.39, 0.29) is 12.5 Å².